The van der Waals surface area contributed by atoms with Crippen molar-refractivity contribution in [3.8, 4) is 0 Å². The topological polar surface area (TPSA) is 12.0 Å². The largest absolute Gasteiger partial charge is 0.311 e. The fraction of sp³-hybridized carbons (Fsp3) is 1.00. The maximum atomic E-state index is 3.72. The number of piperidine rings is 1. The number of nitrogens with one attached hydrogen (secondary N) is 1. The van der Waals surface area contributed by atoms with Crippen LogP contribution in [-0.4, -0.2) is 12.1 Å². The zero-order valence-electron chi connectivity index (χ0n) is 16.9. The SMILES string of the molecule is CC1CCC2CCCCC2N1.CCCCCCC(C)CC(C)C. The summed E-state index contributed by atoms with van der Waals surface area (Å²) in [4.78, 5) is 0. The van der Waals surface area contributed by atoms with Crippen LogP contribution in [0.15, 0.2) is 0 Å². The summed E-state index contributed by atoms with van der Waals surface area (Å²) >= 11 is 0. The molecule has 0 radical (unpaired) electrons. The monoisotopic (exact) mass is 323 g/mol. The Morgan fingerprint density at radius 3 is 2.35 bits per heavy atom. The van der Waals surface area contributed by atoms with Gasteiger partial charge in [-0.3, -0.25) is 0 Å². The Hall–Kier alpha value is -0.0400. The molecular formula is C22H45N. The van der Waals surface area contributed by atoms with Crippen molar-refractivity contribution < 1.29 is 0 Å². The summed E-state index contributed by atoms with van der Waals surface area (Å²) < 4.78 is 0. The van der Waals surface area contributed by atoms with E-state index in [4.69, 9.17) is 0 Å². The highest BCUT2D eigenvalue weighted by Gasteiger charge is 2.29. The van der Waals surface area contributed by atoms with Crippen molar-refractivity contribution in [2.75, 3.05) is 0 Å². The summed E-state index contributed by atoms with van der Waals surface area (Å²) in [5.74, 6) is 2.85. The molecule has 1 saturated carbocycles. The lowest BCUT2D eigenvalue weighted by molar-refractivity contribution is 0.182. The first-order chi connectivity index (χ1) is 11.0. The summed E-state index contributed by atoms with van der Waals surface area (Å²) in [6.45, 7) is 11.6. The van der Waals surface area contributed by atoms with Gasteiger partial charge in [0.15, 0.2) is 0 Å². The smallest absolute Gasteiger partial charge is 0.00978 e. The van der Waals surface area contributed by atoms with Crippen LogP contribution in [0.4, 0.5) is 0 Å². The Labute approximate surface area is 147 Å². The molecule has 0 aromatic rings. The minimum atomic E-state index is 0.786. The van der Waals surface area contributed by atoms with Crippen LogP contribution >= 0.6 is 0 Å². The molecule has 1 aliphatic carbocycles. The predicted octanol–water partition coefficient (Wildman–Crippen LogP) is 6.96. The van der Waals surface area contributed by atoms with Crippen molar-refractivity contribution in [3.05, 3.63) is 0 Å². The van der Waals surface area contributed by atoms with Gasteiger partial charge in [-0.25, -0.2) is 0 Å². The molecule has 1 nitrogen and oxygen atoms in total. The third-order valence-corrected chi connectivity index (χ3v) is 5.80. The van der Waals surface area contributed by atoms with E-state index in [0.717, 1.165) is 29.8 Å². The molecule has 1 heteroatoms. The second kappa shape index (κ2) is 12.3. The van der Waals surface area contributed by atoms with E-state index >= 15 is 0 Å². The second-order valence-electron chi connectivity index (χ2n) is 8.88. The molecule has 0 bridgehead atoms. The van der Waals surface area contributed by atoms with E-state index in [9.17, 15) is 0 Å². The molecule has 2 rings (SSSR count). The van der Waals surface area contributed by atoms with Crippen LogP contribution in [0.2, 0.25) is 0 Å². The second-order valence-corrected chi connectivity index (χ2v) is 8.88. The summed E-state index contributed by atoms with van der Waals surface area (Å²) in [5.41, 5.74) is 0. The van der Waals surface area contributed by atoms with E-state index in [2.05, 4.69) is 39.9 Å². The van der Waals surface area contributed by atoms with Crippen molar-refractivity contribution >= 4 is 0 Å². The predicted molar refractivity (Wildman–Crippen MR) is 105 cm³/mol. The summed E-state index contributed by atoms with van der Waals surface area (Å²) in [6, 6.07) is 1.67. The van der Waals surface area contributed by atoms with Crippen LogP contribution in [0.1, 0.15) is 112 Å². The van der Waals surface area contributed by atoms with Crippen LogP contribution in [0.3, 0.4) is 0 Å². The molecule has 4 atom stereocenters. The van der Waals surface area contributed by atoms with E-state index < -0.39 is 0 Å². The Balaban J connectivity index is 0.000000230. The van der Waals surface area contributed by atoms with Crippen molar-refractivity contribution in [2.45, 2.75) is 124 Å². The number of hydrogen-bond acceptors (Lipinski definition) is 1. The summed E-state index contributed by atoms with van der Waals surface area (Å²) in [5, 5.41) is 3.72. The zero-order valence-corrected chi connectivity index (χ0v) is 16.9. The van der Waals surface area contributed by atoms with E-state index in [1.165, 1.54) is 77.0 Å². The van der Waals surface area contributed by atoms with Crippen molar-refractivity contribution in [1.82, 2.24) is 5.32 Å². The van der Waals surface area contributed by atoms with Gasteiger partial charge in [0.2, 0.25) is 0 Å². The van der Waals surface area contributed by atoms with Crippen LogP contribution in [0.5, 0.6) is 0 Å². The average Bonchev–Trinajstić information content (AvgIpc) is 2.51. The zero-order chi connectivity index (χ0) is 17.1. The van der Waals surface area contributed by atoms with Gasteiger partial charge in [-0.15, -0.1) is 0 Å². The standard InChI is InChI=1S/C12H26.C10H19N/c1-5-6-7-8-9-12(4)10-11(2)3;1-8-6-7-9-4-2-3-5-10(9)11-8/h11-12H,5-10H2,1-4H3;8-11H,2-7H2,1H3. The average molecular weight is 324 g/mol. The molecule has 0 aromatic heterocycles. The molecule has 2 aliphatic rings. The number of fused-ring (bicyclic) bond motifs is 1. The first kappa shape index (κ1) is 21.0. The molecule has 138 valence electrons. The molecule has 2 fully saturated rings. The third-order valence-electron chi connectivity index (χ3n) is 5.80. The molecule has 1 N–H and O–H groups in total. The van der Waals surface area contributed by atoms with E-state index in [1.54, 1.807) is 0 Å². The first-order valence-electron chi connectivity index (χ1n) is 10.8. The highest BCUT2D eigenvalue weighted by Crippen LogP contribution is 2.31. The fourth-order valence-corrected chi connectivity index (χ4v) is 4.53. The lowest BCUT2D eigenvalue weighted by Crippen LogP contribution is -2.47. The van der Waals surface area contributed by atoms with Gasteiger partial charge in [0.05, 0.1) is 0 Å². The van der Waals surface area contributed by atoms with Gasteiger partial charge in [0.1, 0.15) is 0 Å². The fourth-order valence-electron chi connectivity index (χ4n) is 4.53. The minimum Gasteiger partial charge on any atom is -0.311 e. The molecule has 4 unspecified atom stereocenters. The number of hydrogen-bond donors (Lipinski definition) is 1. The molecule has 1 saturated heterocycles. The van der Waals surface area contributed by atoms with Gasteiger partial charge in [0, 0.05) is 12.1 Å². The maximum Gasteiger partial charge on any atom is 0.00978 e. The van der Waals surface area contributed by atoms with Crippen molar-refractivity contribution in [2.24, 2.45) is 17.8 Å². The summed E-state index contributed by atoms with van der Waals surface area (Å²) in [7, 11) is 0. The quantitative estimate of drug-likeness (QED) is 0.499. The Bertz CT molecular complexity index is 273. The lowest BCUT2D eigenvalue weighted by Gasteiger charge is -2.39. The molecule has 0 aromatic carbocycles. The maximum absolute atomic E-state index is 3.72. The molecular weight excluding hydrogens is 278 g/mol. The first-order valence-corrected chi connectivity index (χ1v) is 10.8. The third kappa shape index (κ3) is 9.75. The highest BCUT2D eigenvalue weighted by atomic mass is 15.0. The molecule has 0 amide bonds. The van der Waals surface area contributed by atoms with Gasteiger partial charge in [-0.1, -0.05) is 72.6 Å². The molecule has 1 aliphatic heterocycles. The van der Waals surface area contributed by atoms with Gasteiger partial charge in [0.25, 0.3) is 0 Å². The molecule has 1 heterocycles. The Kier molecular flexibility index (Phi) is 11.3. The Morgan fingerprint density at radius 1 is 0.913 bits per heavy atom. The van der Waals surface area contributed by atoms with Gasteiger partial charge < -0.3 is 5.32 Å². The van der Waals surface area contributed by atoms with Gasteiger partial charge in [-0.2, -0.15) is 0 Å². The van der Waals surface area contributed by atoms with E-state index in [1.807, 2.05) is 0 Å². The van der Waals surface area contributed by atoms with Crippen LogP contribution in [0.25, 0.3) is 0 Å². The van der Waals surface area contributed by atoms with Crippen LogP contribution < -0.4 is 5.32 Å². The van der Waals surface area contributed by atoms with Crippen LogP contribution in [-0.2, 0) is 0 Å². The lowest BCUT2D eigenvalue weighted by atomic mass is 9.78. The summed E-state index contributed by atoms with van der Waals surface area (Å²) in [6.07, 6.45) is 17.3. The number of unbranched alkanes of at least 4 members (excludes halogenated alkanes) is 3. The van der Waals surface area contributed by atoms with Crippen LogP contribution in [0, 0.1) is 17.8 Å². The number of rotatable bonds is 7. The normalized spacial score (nSPS) is 28.7. The van der Waals surface area contributed by atoms with Crippen molar-refractivity contribution in [3.63, 3.8) is 0 Å². The van der Waals surface area contributed by atoms with Gasteiger partial charge >= 0.3 is 0 Å². The van der Waals surface area contributed by atoms with Crippen molar-refractivity contribution in [1.29, 1.82) is 0 Å². The van der Waals surface area contributed by atoms with E-state index in [0.29, 0.717) is 0 Å². The molecule has 0 spiro atoms. The molecule has 23 heavy (non-hydrogen) atoms. The minimum absolute atomic E-state index is 0.786. The van der Waals surface area contributed by atoms with E-state index in [-0.39, 0.29) is 0 Å². The highest BCUT2D eigenvalue weighted by molar-refractivity contribution is 4.87. The Morgan fingerprint density at radius 2 is 1.65 bits per heavy atom. The van der Waals surface area contributed by atoms with Gasteiger partial charge in [-0.05, 0) is 56.8 Å².